The van der Waals surface area contributed by atoms with Gasteiger partial charge in [0, 0.05) is 29.8 Å². The predicted molar refractivity (Wildman–Crippen MR) is 149 cm³/mol. The lowest BCUT2D eigenvalue weighted by Crippen LogP contribution is -2.35. The molecule has 1 saturated heterocycles. The Balaban J connectivity index is 1.50. The largest absolute Gasteiger partial charge is 0.481 e. The van der Waals surface area contributed by atoms with E-state index in [1.165, 1.54) is 12.1 Å². The average Bonchev–Trinajstić information content (AvgIpc) is 3.58. The third-order valence-electron chi connectivity index (χ3n) is 7.88. The van der Waals surface area contributed by atoms with Gasteiger partial charge in [-0.3, -0.25) is 19.3 Å². The quantitative estimate of drug-likeness (QED) is 0.356. The zero-order valence-electron chi connectivity index (χ0n) is 22.9. The van der Waals surface area contributed by atoms with E-state index in [0.717, 1.165) is 5.56 Å². The minimum atomic E-state index is -1.01. The number of benzene rings is 3. The molecule has 4 N–H and O–H groups in total. The van der Waals surface area contributed by atoms with Crippen LogP contribution in [0.25, 0.3) is 0 Å². The van der Waals surface area contributed by atoms with Gasteiger partial charge in [-0.15, -0.1) is 0 Å². The molecular formula is C31H32FN3O6. The van der Waals surface area contributed by atoms with Crippen LogP contribution in [-0.2, 0) is 22.4 Å². The van der Waals surface area contributed by atoms with Gasteiger partial charge in [-0.25, -0.2) is 4.39 Å². The third-order valence-corrected chi connectivity index (χ3v) is 7.88. The van der Waals surface area contributed by atoms with Crippen LogP contribution >= 0.6 is 0 Å². The van der Waals surface area contributed by atoms with Crippen LogP contribution in [0.5, 0.6) is 11.5 Å². The molecule has 2 aliphatic heterocycles. The molecule has 5 rings (SSSR count). The number of nitrogens with one attached hydrogen (secondary N) is 1. The summed E-state index contributed by atoms with van der Waals surface area (Å²) in [6, 6.07) is 14.0. The molecule has 9 nitrogen and oxygen atoms in total. The van der Waals surface area contributed by atoms with Crippen molar-refractivity contribution in [1.82, 2.24) is 4.90 Å². The first-order valence-electron chi connectivity index (χ1n) is 13.6. The summed E-state index contributed by atoms with van der Waals surface area (Å²) in [5.41, 5.74) is 9.08. The van der Waals surface area contributed by atoms with Crippen LogP contribution in [0, 0.1) is 11.7 Å². The van der Waals surface area contributed by atoms with Gasteiger partial charge in [0.05, 0.1) is 12.5 Å². The number of rotatable bonds is 9. The van der Waals surface area contributed by atoms with Crippen molar-refractivity contribution < 1.29 is 33.4 Å². The number of hydrogen-bond acceptors (Lipinski definition) is 6. The van der Waals surface area contributed by atoms with Gasteiger partial charge < -0.3 is 25.6 Å². The highest BCUT2D eigenvalue weighted by Crippen LogP contribution is 2.47. The number of aryl methyl sites for hydroxylation is 2. The molecule has 0 saturated carbocycles. The Kier molecular flexibility index (Phi) is 7.94. The summed E-state index contributed by atoms with van der Waals surface area (Å²) >= 11 is 0. The Morgan fingerprint density at radius 2 is 1.61 bits per heavy atom. The van der Waals surface area contributed by atoms with E-state index in [9.17, 15) is 23.9 Å². The van der Waals surface area contributed by atoms with Crippen molar-refractivity contribution in [3.63, 3.8) is 0 Å². The van der Waals surface area contributed by atoms with E-state index in [2.05, 4.69) is 5.32 Å². The Labute approximate surface area is 237 Å². The van der Waals surface area contributed by atoms with Crippen molar-refractivity contribution in [1.29, 1.82) is 0 Å². The normalized spacial score (nSPS) is 19.7. The third kappa shape index (κ3) is 5.60. The smallest absolute Gasteiger partial charge is 0.309 e. The zero-order chi connectivity index (χ0) is 29.3. The molecule has 0 radical (unpaired) electrons. The first-order chi connectivity index (χ1) is 19.7. The van der Waals surface area contributed by atoms with E-state index in [4.69, 9.17) is 15.2 Å². The fourth-order valence-electron chi connectivity index (χ4n) is 5.92. The second kappa shape index (κ2) is 11.6. The van der Waals surface area contributed by atoms with Gasteiger partial charge >= 0.3 is 5.97 Å². The Morgan fingerprint density at radius 1 is 0.976 bits per heavy atom. The van der Waals surface area contributed by atoms with Crippen molar-refractivity contribution in [3.8, 4) is 11.5 Å². The summed E-state index contributed by atoms with van der Waals surface area (Å²) in [6.07, 6.45) is 1.07. The number of nitrogens with zero attached hydrogens (tertiary/aromatic N) is 1. The molecule has 214 valence electrons. The summed E-state index contributed by atoms with van der Waals surface area (Å²) in [4.78, 5) is 39.8. The van der Waals surface area contributed by atoms with Crippen molar-refractivity contribution in [2.24, 2.45) is 11.7 Å². The molecule has 0 aromatic heterocycles. The number of aliphatic carboxylic acids is 1. The number of carbonyl (C=O) groups is 3. The number of anilines is 1. The molecule has 3 aromatic carbocycles. The van der Waals surface area contributed by atoms with Gasteiger partial charge in [0.2, 0.25) is 18.6 Å². The van der Waals surface area contributed by atoms with Gasteiger partial charge in [0.15, 0.2) is 11.5 Å². The maximum atomic E-state index is 14.1. The van der Waals surface area contributed by atoms with Crippen molar-refractivity contribution in [2.45, 2.75) is 38.6 Å². The average molecular weight is 562 g/mol. The topological polar surface area (TPSA) is 131 Å². The van der Waals surface area contributed by atoms with Crippen LogP contribution in [-0.4, -0.2) is 47.7 Å². The summed E-state index contributed by atoms with van der Waals surface area (Å²) in [7, 11) is 0. The number of primary amides is 1. The number of ether oxygens (including phenoxy) is 2. The van der Waals surface area contributed by atoms with Crippen LogP contribution < -0.4 is 20.5 Å². The summed E-state index contributed by atoms with van der Waals surface area (Å²) in [5, 5.41) is 13.4. The highest BCUT2D eigenvalue weighted by molar-refractivity contribution is 5.94. The number of carboxylic acids is 1. The molecule has 1 fully saturated rings. The van der Waals surface area contributed by atoms with E-state index in [-0.39, 0.29) is 31.6 Å². The number of carboxylic acid groups (broad SMARTS) is 1. The van der Waals surface area contributed by atoms with Crippen molar-refractivity contribution in [3.05, 3.63) is 88.2 Å². The van der Waals surface area contributed by atoms with Gasteiger partial charge in [-0.2, -0.15) is 0 Å². The number of hydrogen-bond donors (Lipinski definition) is 3. The number of likely N-dealkylation sites (tertiary alicyclic amines) is 1. The van der Waals surface area contributed by atoms with Crippen LogP contribution in [0.4, 0.5) is 10.1 Å². The van der Waals surface area contributed by atoms with E-state index in [1.807, 2.05) is 24.8 Å². The molecule has 10 heteroatoms. The predicted octanol–water partition coefficient (Wildman–Crippen LogP) is 4.26. The number of nitrogens with two attached hydrogens (primary N) is 1. The molecule has 1 unspecified atom stereocenters. The van der Waals surface area contributed by atoms with Crippen LogP contribution in [0.2, 0.25) is 0 Å². The second-order valence-corrected chi connectivity index (χ2v) is 10.3. The van der Waals surface area contributed by atoms with E-state index < -0.39 is 29.8 Å². The Bertz CT molecular complexity index is 1470. The molecule has 0 bridgehead atoms. The van der Waals surface area contributed by atoms with E-state index in [1.54, 1.807) is 36.4 Å². The molecule has 2 heterocycles. The maximum Gasteiger partial charge on any atom is 0.309 e. The highest BCUT2D eigenvalue weighted by atomic mass is 19.1. The van der Waals surface area contributed by atoms with Crippen molar-refractivity contribution >= 4 is 23.5 Å². The summed E-state index contributed by atoms with van der Waals surface area (Å²) in [5.74, 6) is -2.55. The van der Waals surface area contributed by atoms with Gasteiger partial charge in [-0.05, 0) is 71.5 Å². The van der Waals surface area contributed by atoms with Gasteiger partial charge in [0.1, 0.15) is 5.82 Å². The molecule has 41 heavy (non-hydrogen) atoms. The zero-order valence-corrected chi connectivity index (χ0v) is 22.9. The number of carbonyl (C=O) groups excluding carboxylic acids is 2. The fraction of sp³-hybridized carbons (Fsp3) is 0.323. The maximum absolute atomic E-state index is 14.1. The molecule has 0 aliphatic carbocycles. The Morgan fingerprint density at radius 3 is 2.22 bits per heavy atom. The van der Waals surface area contributed by atoms with Crippen molar-refractivity contribution in [2.75, 3.05) is 25.2 Å². The first kappa shape index (κ1) is 28.1. The minimum absolute atomic E-state index is 0.0931. The fourth-order valence-corrected chi connectivity index (χ4v) is 5.92. The summed E-state index contributed by atoms with van der Waals surface area (Å²) < 4.78 is 25.1. The second-order valence-electron chi connectivity index (χ2n) is 10.3. The van der Waals surface area contributed by atoms with E-state index in [0.29, 0.717) is 52.3 Å². The minimum Gasteiger partial charge on any atom is -0.481 e. The van der Waals surface area contributed by atoms with Crippen LogP contribution in [0.15, 0.2) is 54.6 Å². The molecular weight excluding hydrogens is 529 g/mol. The molecule has 2 amide bonds. The summed E-state index contributed by atoms with van der Waals surface area (Å²) in [6.45, 7) is 4.05. The molecule has 0 spiro atoms. The lowest BCUT2D eigenvalue weighted by Gasteiger charge is -2.27. The Hall–Kier alpha value is -4.44. The molecule has 2 aliphatic rings. The van der Waals surface area contributed by atoms with Gasteiger partial charge in [0.25, 0.3) is 0 Å². The lowest BCUT2D eigenvalue weighted by molar-refractivity contribution is -0.143. The monoisotopic (exact) mass is 561 g/mol. The molecule has 3 aromatic rings. The SMILES string of the molecule is CCc1cc(F)cc(CC)c1NC(=O)CN1C[C@H](c2ccc3c(c2)OCO3)C(C(=O)O)[C@@H]1c1ccc(C(N)=O)cc1. The van der Waals surface area contributed by atoms with Gasteiger partial charge in [-0.1, -0.05) is 32.0 Å². The first-order valence-corrected chi connectivity index (χ1v) is 13.6. The number of halogens is 1. The van der Waals surface area contributed by atoms with E-state index >= 15 is 0 Å². The van der Waals surface area contributed by atoms with Crippen LogP contribution in [0.1, 0.15) is 58.4 Å². The number of fused-ring (bicyclic) bond motifs is 1. The van der Waals surface area contributed by atoms with Crippen LogP contribution in [0.3, 0.4) is 0 Å². The molecule has 3 atom stereocenters. The standard InChI is InChI=1S/C31H32FN3O6/c1-3-17-11-22(32)12-18(4-2)28(17)34-26(36)15-35-14-23(21-9-10-24-25(13-21)41-16-40-24)27(31(38)39)29(35)19-5-7-20(8-6-19)30(33)37/h5-13,23,27,29H,3-4,14-16H2,1-2H3,(H2,33,37)(H,34,36)(H,38,39)/t23-,27?,29+/m1/s1. The lowest BCUT2D eigenvalue weighted by atomic mass is 9.82. The highest BCUT2D eigenvalue weighted by Gasteiger charge is 2.48. The number of amides is 2.